The number of nitro benzene ring substituents is 1. The summed E-state index contributed by atoms with van der Waals surface area (Å²) in [6.07, 6.45) is -4.18. The summed E-state index contributed by atoms with van der Waals surface area (Å²) in [5.74, 6) is -0.992. The fraction of sp³-hybridized carbons (Fsp3) is 0.154. The second-order valence-corrected chi connectivity index (χ2v) is 5.28. The number of rotatable bonds is 2. The molecular weight excluding hydrogens is 363 g/mol. The summed E-state index contributed by atoms with van der Waals surface area (Å²) in [5, 5.41) is 9.95. The molecule has 0 saturated carbocycles. The van der Waals surface area contributed by atoms with Crippen LogP contribution >= 0.6 is 23.2 Å². The summed E-state index contributed by atoms with van der Waals surface area (Å²) >= 11 is 11.4. The minimum atomic E-state index is -4.68. The molecule has 1 heterocycles. The lowest BCUT2D eigenvalue weighted by Crippen LogP contribution is -2.09. The molecule has 0 atom stereocenters. The van der Waals surface area contributed by atoms with Gasteiger partial charge in [0.2, 0.25) is 0 Å². The number of alkyl halides is 3. The lowest BCUT2D eigenvalue weighted by molar-refractivity contribution is -0.384. The van der Waals surface area contributed by atoms with Crippen molar-refractivity contribution < 1.29 is 22.5 Å². The highest BCUT2D eigenvalue weighted by Gasteiger charge is 2.34. The highest BCUT2D eigenvalue weighted by atomic mass is 35.5. The van der Waals surface area contributed by atoms with Crippen molar-refractivity contribution in [2.45, 2.75) is 13.1 Å². The van der Waals surface area contributed by atoms with Crippen LogP contribution in [0.5, 0.6) is 0 Å². The van der Waals surface area contributed by atoms with Crippen LogP contribution < -0.4 is 0 Å². The van der Waals surface area contributed by atoms with Crippen molar-refractivity contribution in [3.05, 3.63) is 55.4 Å². The topological polar surface area (TPSA) is 56.0 Å². The molecule has 23 heavy (non-hydrogen) atoms. The molecule has 0 amide bonds. The van der Waals surface area contributed by atoms with Crippen LogP contribution in [0.25, 0.3) is 11.3 Å². The Hall–Kier alpha value is -1.93. The van der Waals surface area contributed by atoms with Gasteiger partial charge in [-0.3, -0.25) is 15.1 Å². The van der Waals surface area contributed by atoms with Crippen LogP contribution in [-0.4, -0.2) is 9.91 Å². The SMILES string of the molecule is Cc1c(C(F)(F)F)cnc(-c2cc([N+](=O)[O-])c(Cl)cc2F)c1Cl. The van der Waals surface area contributed by atoms with Crippen molar-refractivity contribution >= 4 is 28.9 Å². The van der Waals surface area contributed by atoms with Crippen molar-refractivity contribution in [1.82, 2.24) is 4.98 Å². The van der Waals surface area contributed by atoms with Gasteiger partial charge in [0.1, 0.15) is 10.8 Å². The van der Waals surface area contributed by atoms with Crippen molar-refractivity contribution in [2.24, 2.45) is 0 Å². The molecule has 0 aliphatic rings. The van der Waals surface area contributed by atoms with Crippen molar-refractivity contribution in [2.75, 3.05) is 0 Å². The molecular formula is C13H6Cl2F4N2O2. The minimum Gasteiger partial charge on any atom is -0.258 e. The zero-order chi connectivity index (χ0) is 17.5. The van der Waals surface area contributed by atoms with Crippen LogP contribution in [0.15, 0.2) is 18.3 Å². The quantitative estimate of drug-likeness (QED) is 0.403. The molecule has 0 fully saturated rings. The van der Waals surface area contributed by atoms with Gasteiger partial charge in [-0.1, -0.05) is 23.2 Å². The lowest BCUT2D eigenvalue weighted by Gasteiger charge is -2.14. The van der Waals surface area contributed by atoms with E-state index in [-0.39, 0.29) is 11.3 Å². The molecule has 2 aromatic rings. The normalized spacial score (nSPS) is 11.6. The first-order valence-corrected chi connectivity index (χ1v) is 6.65. The average molecular weight is 369 g/mol. The van der Waals surface area contributed by atoms with E-state index >= 15 is 0 Å². The third-order valence-electron chi connectivity index (χ3n) is 3.06. The first kappa shape index (κ1) is 17.4. The third kappa shape index (κ3) is 3.23. The molecule has 0 aliphatic carbocycles. The molecule has 4 nitrogen and oxygen atoms in total. The Labute approximate surface area is 136 Å². The molecule has 10 heteroatoms. The fourth-order valence-electron chi connectivity index (χ4n) is 1.91. The highest BCUT2D eigenvalue weighted by Crippen LogP contribution is 2.40. The molecule has 1 aromatic heterocycles. The van der Waals surface area contributed by atoms with E-state index in [4.69, 9.17) is 23.2 Å². The van der Waals surface area contributed by atoms with Crippen LogP contribution in [-0.2, 0) is 6.18 Å². The Morgan fingerprint density at radius 2 is 1.87 bits per heavy atom. The van der Waals surface area contributed by atoms with E-state index in [1.54, 1.807) is 0 Å². The second kappa shape index (κ2) is 5.93. The molecule has 0 unspecified atom stereocenters. The molecule has 0 radical (unpaired) electrons. The van der Waals surface area contributed by atoms with Crippen LogP contribution in [0.3, 0.4) is 0 Å². The van der Waals surface area contributed by atoms with Gasteiger partial charge in [0, 0.05) is 23.9 Å². The van der Waals surface area contributed by atoms with Crippen LogP contribution in [0, 0.1) is 22.9 Å². The maximum atomic E-state index is 14.0. The van der Waals surface area contributed by atoms with E-state index in [0.717, 1.165) is 13.0 Å². The first-order chi connectivity index (χ1) is 10.5. The predicted molar refractivity (Wildman–Crippen MR) is 76.0 cm³/mol. The van der Waals surface area contributed by atoms with Gasteiger partial charge in [0.15, 0.2) is 0 Å². The monoisotopic (exact) mass is 368 g/mol. The maximum absolute atomic E-state index is 14.0. The van der Waals surface area contributed by atoms with E-state index in [1.807, 2.05) is 0 Å². The van der Waals surface area contributed by atoms with Gasteiger partial charge >= 0.3 is 6.18 Å². The molecule has 1 aromatic carbocycles. The Morgan fingerprint density at radius 1 is 1.26 bits per heavy atom. The predicted octanol–water partition coefficient (Wildman–Crippen LogP) is 5.43. The summed E-state index contributed by atoms with van der Waals surface area (Å²) in [4.78, 5) is 13.5. The average Bonchev–Trinajstić information content (AvgIpc) is 2.40. The molecule has 0 aliphatic heterocycles. The Morgan fingerprint density at radius 3 is 2.39 bits per heavy atom. The van der Waals surface area contributed by atoms with Crippen molar-refractivity contribution in [3.8, 4) is 11.3 Å². The Balaban J connectivity index is 2.71. The van der Waals surface area contributed by atoms with Crippen LogP contribution in [0.4, 0.5) is 23.2 Å². The largest absolute Gasteiger partial charge is 0.418 e. The minimum absolute atomic E-state index is 0.338. The van der Waals surface area contributed by atoms with Gasteiger partial charge in [0.05, 0.1) is 21.2 Å². The van der Waals surface area contributed by atoms with Crippen LogP contribution in [0.1, 0.15) is 11.1 Å². The second-order valence-electron chi connectivity index (χ2n) is 4.50. The zero-order valence-corrected chi connectivity index (χ0v) is 12.7. The number of pyridine rings is 1. The van der Waals surface area contributed by atoms with Crippen molar-refractivity contribution in [1.29, 1.82) is 0 Å². The smallest absolute Gasteiger partial charge is 0.258 e. The molecule has 2 rings (SSSR count). The number of nitro groups is 1. The Bertz CT molecular complexity index is 810. The van der Waals surface area contributed by atoms with Crippen molar-refractivity contribution in [3.63, 3.8) is 0 Å². The van der Waals surface area contributed by atoms with E-state index in [1.165, 1.54) is 0 Å². The summed E-state index contributed by atoms with van der Waals surface area (Å²) < 4.78 is 52.4. The van der Waals surface area contributed by atoms with Gasteiger partial charge in [-0.2, -0.15) is 13.2 Å². The molecule has 0 N–H and O–H groups in total. The number of benzene rings is 1. The maximum Gasteiger partial charge on any atom is 0.418 e. The first-order valence-electron chi connectivity index (χ1n) is 5.90. The van der Waals surface area contributed by atoms with E-state index < -0.39 is 43.8 Å². The fourth-order valence-corrected chi connectivity index (χ4v) is 2.38. The third-order valence-corrected chi connectivity index (χ3v) is 3.82. The van der Waals surface area contributed by atoms with Gasteiger partial charge in [0.25, 0.3) is 5.69 Å². The molecule has 122 valence electrons. The summed E-state index contributed by atoms with van der Waals surface area (Å²) in [7, 11) is 0. The summed E-state index contributed by atoms with van der Waals surface area (Å²) in [6, 6.07) is 1.46. The number of hydrogen-bond acceptors (Lipinski definition) is 3. The lowest BCUT2D eigenvalue weighted by atomic mass is 10.0. The number of halogens is 6. The number of aromatic nitrogens is 1. The zero-order valence-electron chi connectivity index (χ0n) is 11.2. The van der Waals surface area contributed by atoms with Gasteiger partial charge in [-0.25, -0.2) is 4.39 Å². The van der Waals surface area contributed by atoms with Crippen LogP contribution in [0.2, 0.25) is 10.0 Å². The van der Waals surface area contributed by atoms with E-state index in [0.29, 0.717) is 12.3 Å². The Kier molecular flexibility index (Phi) is 4.50. The molecule has 0 bridgehead atoms. The summed E-state index contributed by atoms with van der Waals surface area (Å²) in [6.45, 7) is 1.10. The van der Waals surface area contributed by atoms with Gasteiger partial charge < -0.3 is 0 Å². The van der Waals surface area contributed by atoms with Gasteiger partial charge in [-0.15, -0.1) is 0 Å². The highest BCUT2D eigenvalue weighted by molar-refractivity contribution is 6.34. The van der Waals surface area contributed by atoms with E-state index in [2.05, 4.69) is 4.98 Å². The summed E-state index contributed by atoms with van der Waals surface area (Å²) in [5.41, 5.74) is -2.80. The molecule has 0 saturated heterocycles. The number of nitrogens with zero attached hydrogens (tertiary/aromatic N) is 2. The standard InChI is InChI=1S/C13H6Cl2F4N2O2/c1-5-7(13(17,18)19)4-20-12(11(5)15)6-2-10(21(22)23)8(14)3-9(6)16/h2-4H,1H3. The van der Waals surface area contributed by atoms with E-state index in [9.17, 15) is 27.7 Å². The molecule has 0 spiro atoms. The van der Waals surface area contributed by atoms with Gasteiger partial charge in [-0.05, 0) is 12.5 Å². The number of hydrogen-bond donors (Lipinski definition) is 0.